The number of Topliss-reactive ketones (excluding diaryl/α,β-unsaturated/α-hetero) is 1. The number of fused-ring (bicyclic) bond motifs is 4. The first-order valence-electron chi connectivity index (χ1n) is 11.3. The van der Waals surface area contributed by atoms with E-state index in [0.29, 0.717) is 34.8 Å². The molecule has 6 rings (SSSR count). The molecule has 0 fully saturated rings. The lowest BCUT2D eigenvalue weighted by Crippen LogP contribution is -2.43. The first kappa shape index (κ1) is 20.0. The topological polar surface area (TPSA) is 46.6 Å². The first-order chi connectivity index (χ1) is 15.6. The van der Waals surface area contributed by atoms with Gasteiger partial charge in [0.05, 0.1) is 5.56 Å². The third-order valence-electron chi connectivity index (χ3n) is 7.43. The van der Waals surface area contributed by atoms with Crippen LogP contribution in [-0.4, -0.2) is 31.4 Å². The van der Waals surface area contributed by atoms with Crippen molar-refractivity contribution in [2.45, 2.75) is 24.7 Å². The lowest BCUT2D eigenvalue weighted by molar-refractivity contribution is 0.0474. The molecule has 0 N–H and O–H groups in total. The Hall–Kier alpha value is -2.66. The van der Waals surface area contributed by atoms with Crippen molar-refractivity contribution in [2.24, 2.45) is 11.8 Å². The molecule has 2 aliphatic carbocycles. The Morgan fingerprint density at radius 2 is 1.50 bits per heavy atom. The minimum atomic E-state index is -0.422. The summed E-state index contributed by atoms with van der Waals surface area (Å²) in [5.74, 6) is 1.25. The highest BCUT2D eigenvalue weighted by atomic mass is 79.9. The third-order valence-corrected chi connectivity index (χ3v) is 7.96. The fraction of sp³-hybridized carbons (Fsp3) is 0.333. The van der Waals surface area contributed by atoms with Gasteiger partial charge in [-0.25, -0.2) is 4.79 Å². The highest BCUT2D eigenvalue weighted by Gasteiger charge is 2.42. The fourth-order valence-electron chi connectivity index (χ4n) is 5.93. The fourth-order valence-corrected chi connectivity index (χ4v) is 6.19. The summed E-state index contributed by atoms with van der Waals surface area (Å²) in [6, 6.07) is 11.1. The molecule has 0 amide bonds. The number of carbonyl (C=O) groups is 2. The number of benzene rings is 2. The van der Waals surface area contributed by atoms with E-state index in [0.717, 1.165) is 30.4 Å². The van der Waals surface area contributed by atoms with Crippen molar-refractivity contribution in [1.82, 2.24) is 0 Å². The van der Waals surface area contributed by atoms with Crippen molar-refractivity contribution in [3.8, 4) is 0 Å². The van der Waals surface area contributed by atoms with Gasteiger partial charge in [0.25, 0.3) is 0 Å². The molecule has 0 radical (unpaired) electrons. The van der Waals surface area contributed by atoms with Crippen LogP contribution >= 0.6 is 15.9 Å². The van der Waals surface area contributed by atoms with Gasteiger partial charge in [-0.3, -0.25) is 4.79 Å². The number of nitrogens with zero attached hydrogens (tertiary/aromatic N) is 1. The van der Waals surface area contributed by atoms with Gasteiger partial charge in [-0.15, -0.1) is 0 Å². The molecule has 2 heterocycles. The Morgan fingerprint density at radius 3 is 2.09 bits per heavy atom. The molecule has 32 heavy (non-hydrogen) atoms. The zero-order chi connectivity index (χ0) is 21.8. The molecule has 2 aliphatic heterocycles. The Morgan fingerprint density at radius 1 is 0.906 bits per heavy atom. The van der Waals surface area contributed by atoms with Crippen LogP contribution in [0.3, 0.4) is 0 Å². The second-order valence-electron chi connectivity index (χ2n) is 9.31. The van der Waals surface area contributed by atoms with Crippen molar-refractivity contribution in [1.29, 1.82) is 0 Å². The SMILES string of the molecule is O=C(COC(=O)c1cc2c3c(c1)[C@@H]1C=CC[C@H]1CN3C[C@H]1CC=C[C@@H]21)c1ccc(Br)cc1. The molecule has 0 unspecified atom stereocenters. The van der Waals surface area contributed by atoms with E-state index in [9.17, 15) is 9.59 Å². The molecule has 0 saturated carbocycles. The van der Waals surface area contributed by atoms with Gasteiger partial charge < -0.3 is 9.64 Å². The highest BCUT2D eigenvalue weighted by Crippen LogP contribution is 2.53. The van der Waals surface area contributed by atoms with E-state index in [4.69, 9.17) is 4.74 Å². The molecule has 162 valence electrons. The minimum Gasteiger partial charge on any atom is -0.454 e. The lowest BCUT2D eigenvalue weighted by Gasteiger charge is -2.46. The first-order valence-corrected chi connectivity index (χ1v) is 12.1. The molecule has 0 spiro atoms. The molecule has 4 atom stereocenters. The van der Waals surface area contributed by atoms with Gasteiger partial charge in [0, 0.05) is 40.6 Å². The average Bonchev–Trinajstić information content (AvgIpc) is 3.47. The van der Waals surface area contributed by atoms with Crippen molar-refractivity contribution in [2.75, 3.05) is 24.6 Å². The minimum absolute atomic E-state index is 0.200. The van der Waals surface area contributed by atoms with Gasteiger partial charge in [-0.2, -0.15) is 0 Å². The zero-order valence-corrected chi connectivity index (χ0v) is 19.3. The quantitative estimate of drug-likeness (QED) is 0.316. The summed E-state index contributed by atoms with van der Waals surface area (Å²) in [6.07, 6.45) is 11.4. The summed E-state index contributed by atoms with van der Waals surface area (Å²) in [6.45, 7) is 1.93. The van der Waals surface area contributed by atoms with E-state index in [2.05, 4.69) is 45.1 Å². The molecule has 4 nitrogen and oxygen atoms in total. The molecule has 0 saturated heterocycles. The van der Waals surface area contributed by atoms with E-state index >= 15 is 0 Å². The van der Waals surface area contributed by atoms with Crippen LogP contribution in [0.4, 0.5) is 5.69 Å². The summed E-state index contributed by atoms with van der Waals surface area (Å²) in [7, 11) is 0. The molecular weight excluding hydrogens is 466 g/mol. The van der Waals surface area contributed by atoms with Crippen LogP contribution in [0, 0.1) is 11.8 Å². The smallest absolute Gasteiger partial charge is 0.338 e. The van der Waals surface area contributed by atoms with E-state index in [1.165, 1.54) is 16.8 Å². The van der Waals surface area contributed by atoms with E-state index in [1.54, 1.807) is 12.1 Å². The van der Waals surface area contributed by atoms with Gasteiger partial charge in [0.15, 0.2) is 12.4 Å². The number of halogens is 1. The molecule has 5 heteroatoms. The van der Waals surface area contributed by atoms with E-state index < -0.39 is 5.97 Å². The number of hydrogen-bond acceptors (Lipinski definition) is 4. The number of anilines is 1. The summed E-state index contributed by atoms with van der Waals surface area (Å²) >= 11 is 3.37. The molecule has 2 aromatic rings. The Balaban J connectivity index is 1.31. The second kappa shape index (κ2) is 7.73. The van der Waals surface area contributed by atoms with Crippen molar-refractivity contribution >= 4 is 33.4 Å². The monoisotopic (exact) mass is 489 g/mol. The molecule has 4 aliphatic rings. The molecule has 2 aromatic carbocycles. The van der Waals surface area contributed by atoms with Crippen LogP contribution in [-0.2, 0) is 4.74 Å². The number of hydrogen-bond donors (Lipinski definition) is 0. The second-order valence-corrected chi connectivity index (χ2v) is 10.2. The highest BCUT2D eigenvalue weighted by molar-refractivity contribution is 9.10. The summed E-state index contributed by atoms with van der Waals surface area (Å²) in [4.78, 5) is 28.1. The van der Waals surface area contributed by atoms with Gasteiger partial charge >= 0.3 is 5.97 Å². The molecule has 0 aromatic heterocycles. The number of allylic oxidation sites excluding steroid dienone is 4. The maximum Gasteiger partial charge on any atom is 0.338 e. The van der Waals surface area contributed by atoms with Crippen molar-refractivity contribution in [3.63, 3.8) is 0 Å². The van der Waals surface area contributed by atoms with Gasteiger partial charge in [0.2, 0.25) is 0 Å². The van der Waals surface area contributed by atoms with E-state index in [1.807, 2.05) is 24.3 Å². The normalized spacial score (nSPS) is 26.5. The average molecular weight is 490 g/mol. The maximum atomic E-state index is 13.0. The largest absolute Gasteiger partial charge is 0.454 e. The van der Waals surface area contributed by atoms with Gasteiger partial charge in [0.1, 0.15) is 0 Å². The van der Waals surface area contributed by atoms with Crippen LogP contribution in [0.1, 0.15) is 56.5 Å². The summed E-state index contributed by atoms with van der Waals surface area (Å²) < 4.78 is 6.39. The number of carbonyl (C=O) groups excluding carboxylic acids is 2. The van der Waals surface area contributed by atoms with Crippen molar-refractivity contribution < 1.29 is 14.3 Å². The van der Waals surface area contributed by atoms with Crippen LogP contribution in [0.2, 0.25) is 0 Å². The zero-order valence-electron chi connectivity index (χ0n) is 17.7. The van der Waals surface area contributed by atoms with Gasteiger partial charge in [-0.1, -0.05) is 52.4 Å². The number of rotatable bonds is 4. The van der Waals surface area contributed by atoms with Crippen LogP contribution in [0.5, 0.6) is 0 Å². The molecule has 0 bridgehead atoms. The third kappa shape index (κ3) is 3.25. The Bertz CT molecular complexity index is 1110. The van der Waals surface area contributed by atoms with Crippen LogP contribution in [0.25, 0.3) is 0 Å². The Labute approximate surface area is 196 Å². The predicted molar refractivity (Wildman–Crippen MR) is 127 cm³/mol. The number of ether oxygens (including phenoxy) is 1. The lowest BCUT2D eigenvalue weighted by atomic mass is 9.74. The van der Waals surface area contributed by atoms with Crippen molar-refractivity contribution in [3.05, 3.63) is 87.4 Å². The Kier molecular flexibility index (Phi) is 4.83. The van der Waals surface area contributed by atoms with Crippen LogP contribution in [0.15, 0.2) is 65.2 Å². The number of esters is 1. The summed E-state index contributed by atoms with van der Waals surface area (Å²) in [5.41, 5.74) is 4.92. The standard InChI is InChI=1S/C27H24BrNO3/c28-20-9-7-16(8-10-20)25(30)15-32-27(31)19-11-23-21-5-1-3-17(21)13-29-14-18-4-2-6-22(18)24(12-19)26(23)29/h1-2,5-12,17-18,21-22H,3-4,13-15H2/t17-,18+,21-,22-/m1/s1. The van der Waals surface area contributed by atoms with E-state index in [-0.39, 0.29) is 12.4 Å². The predicted octanol–water partition coefficient (Wildman–Crippen LogP) is 5.64. The van der Waals surface area contributed by atoms with Crippen LogP contribution < -0.4 is 4.90 Å². The maximum absolute atomic E-state index is 13.0. The summed E-state index contributed by atoms with van der Waals surface area (Å²) in [5, 5.41) is 0. The van der Waals surface area contributed by atoms with Gasteiger partial charge in [-0.05, 0) is 60.1 Å². The number of ketones is 1. The molecular formula is C27H24BrNO3.